The summed E-state index contributed by atoms with van der Waals surface area (Å²) in [6.45, 7) is 1.45. The minimum absolute atomic E-state index is 0.144. The van der Waals surface area contributed by atoms with E-state index in [1.807, 2.05) is 18.2 Å². The number of rotatable bonds is 5. The highest BCUT2D eigenvalue weighted by Gasteiger charge is 2.12. The second-order valence-corrected chi connectivity index (χ2v) is 7.53. The highest BCUT2D eigenvalue weighted by molar-refractivity contribution is 7.21. The van der Waals surface area contributed by atoms with Gasteiger partial charge in [0.15, 0.2) is 0 Å². The van der Waals surface area contributed by atoms with Crippen molar-refractivity contribution in [1.82, 2.24) is 9.97 Å². The Balaban J connectivity index is 1.52. The third-order valence-corrected chi connectivity index (χ3v) is 5.37. The van der Waals surface area contributed by atoms with Gasteiger partial charge in [-0.1, -0.05) is 0 Å². The van der Waals surface area contributed by atoms with Crippen LogP contribution in [0.1, 0.15) is 17.3 Å². The Bertz CT molecular complexity index is 1220. The Morgan fingerprint density at radius 2 is 1.70 bits per heavy atom. The number of carbonyl (C=O) groups is 2. The summed E-state index contributed by atoms with van der Waals surface area (Å²) in [6.07, 6.45) is 1.72. The quantitative estimate of drug-likeness (QED) is 0.495. The van der Waals surface area contributed by atoms with Crippen molar-refractivity contribution in [1.29, 1.82) is 0 Å². The Hall–Kier alpha value is -3.78. The predicted octanol–water partition coefficient (Wildman–Crippen LogP) is 4.58. The van der Waals surface area contributed by atoms with Crippen LogP contribution in [-0.2, 0) is 4.79 Å². The second kappa shape index (κ2) is 8.30. The van der Waals surface area contributed by atoms with Gasteiger partial charge in [0.25, 0.3) is 5.91 Å². The molecule has 150 valence electrons. The zero-order valence-corrected chi connectivity index (χ0v) is 17.1. The van der Waals surface area contributed by atoms with Crippen molar-refractivity contribution in [2.24, 2.45) is 0 Å². The summed E-state index contributed by atoms with van der Waals surface area (Å²) in [5, 5.41) is 6.38. The zero-order chi connectivity index (χ0) is 21.1. The molecule has 30 heavy (non-hydrogen) atoms. The van der Waals surface area contributed by atoms with Gasteiger partial charge in [0.1, 0.15) is 5.01 Å². The summed E-state index contributed by atoms with van der Waals surface area (Å²) in [5.41, 5.74) is 3.57. The van der Waals surface area contributed by atoms with Crippen molar-refractivity contribution >= 4 is 44.7 Å². The number of pyridine rings is 1. The van der Waals surface area contributed by atoms with Crippen LogP contribution in [0.3, 0.4) is 0 Å². The molecule has 0 saturated heterocycles. The highest BCUT2D eigenvalue weighted by atomic mass is 32.1. The molecule has 2 aromatic carbocycles. The first-order valence-electron chi connectivity index (χ1n) is 9.12. The molecule has 2 amide bonds. The number of ether oxygens (including phenoxy) is 1. The fourth-order valence-corrected chi connectivity index (χ4v) is 3.86. The topological polar surface area (TPSA) is 93.2 Å². The van der Waals surface area contributed by atoms with Crippen LogP contribution in [0, 0.1) is 0 Å². The van der Waals surface area contributed by atoms with E-state index in [2.05, 4.69) is 20.6 Å². The van der Waals surface area contributed by atoms with E-state index in [9.17, 15) is 9.59 Å². The van der Waals surface area contributed by atoms with Crippen LogP contribution >= 0.6 is 11.3 Å². The molecule has 4 rings (SSSR count). The molecule has 0 atom stereocenters. The summed E-state index contributed by atoms with van der Waals surface area (Å²) >= 11 is 1.50. The maximum atomic E-state index is 12.6. The number of amides is 2. The first-order chi connectivity index (χ1) is 14.5. The van der Waals surface area contributed by atoms with E-state index in [-0.39, 0.29) is 11.8 Å². The van der Waals surface area contributed by atoms with Crippen LogP contribution in [0.4, 0.5) is 11.4 Å². The molecule has 0 saturated carbocycles. The van der Waals surface area contributed by atoms with Crippen molar-refractivity contribution in [3.05, 3.63) is 66.4 Å². The van der Waals surface area contributed by atoms with Crippen LogP contribution in [-0.4, -0.2) is 28.9 Å². The number of benzene rings is 2. The average Bonchev–Trinajstić information content (AvgIpc) is 3.18. The standard InChI is InChI=1S/C22H18N4O3S/c1-13(27)24-16-5-7-17(8-6-16)25-21(28)14-3-9-18-19(11-14)30-22(26-18)15-4-10-20(29-2)23-12-15/h3-12H,1-2H3,(H,24,27)(H,25,28). The summed E-state index contributed by atoms with van der Waals surface area (Å²) in [6, 6.07) is 16.1. The molecule has 2 aromatic heterocycles. The lowest BCUT2D eigenvalue weighted by molar-refractivity contribution is -0.114. The number of aromatic nitrogens is 2. The van der Waals surface area contributed by atoms with Crippen LogP contribution in [0.2, 0.25) is 0 Å². The van der Waals surface area contributed by atoms with Crippen LogP contribution < -0.4 is 15.4 Å². The largest absolute Gasteiger partial charge is 0.481 e. The number of carbonyl (C=O) groups excluding carboxylic acids is 2. The molecule has 2 heterocycles. The minimum atomic E-state index is -0.217. The van der Waals surface area contributed by atoms with Gasteiger partial charge in [0, 0.05) is 41.7 Å². The maximum absolute atomic E-state index is 12.6. The number of anilines is 2. The Labute approximate surface area is 176 Å². The van der Waals surface area contributed by atoms with Crippen molar-refractivity contribution in [2.45, 2.75) is 6.92 Å². The van der Waals surface area contributed by atoms with Gasteiger partial charge in [0.2, 0.25) is 11.8 Å². The van der Waals surface area contributed by atoms with Crippen molar-refractivity contribution < 1.29 is 14.3 Å². The number of hydrogen-bond acceptors (Lipinski definition) is 6. The Morgan fingerprint density at radius 3 is 2.33 bits per heavy atom. The van der Waals surface area contributed by atoms with Crippen molar-refractivity contribution in [3.8, 4) is 16.5 Å². The van der Waals surface area contributed by atoms with E-state index in [0.29, 0.717) is 22.8 Å². The molecule has 2 N–H and O–H groups in total. The lowest BCUT2D eigenvalue weighted by Crippen LogP contribution is -2.12. The second-order valence-electron chi connectivity index (χ2n) is 6.50. The van der Waals surface area contributed by atoms with E-state index in [0.717, 1.165) is 20.8 Å². The Kier molecular flexibility index (Phi) is 5.40. The molecule has 0 aliphatic heterocycles. The average molecular weight is 418 g/mol. The predicted molar refractivity (Wildman–Crippen MR) is 118 cm³/mol. The van der Waals surface area contributed by atoms with Gasteiger partial charge in [0.05, 0.1) is 17.3 Å². The fourth-order valence-electron chi connectivity index (χ4n) is 2.86. The van der Waals surface area contributed by atoms with Crippen LogP contribution in [0.15, 0.2) is 60.8 Å². The molecule has 0 radical (unpaired) electrons. The first kappa shape index (κ1) is 19.5. The van der Waals surface area contributed by atoms with E-state index in [4.69, 9.17) is 4.74 Å². The van der Waals surface area contributed by atoms with Gasteiger partial charge in [-0.15, -0.1) is 11.3 Å². The zero-order valence-electron chi connectivity index (χ0n) is 16.3. The summed E-state index contributed by atoms with van der Waals surface area (Å²) in [5.74, 6) is 0.184. The van der Waals surface area contributed by atoms with Crippen molar-refractivity contribution in [3.63, 3.8) is 0 Å². The molecule has 8 heteroatoms. The number of nitrogens with zero attached hydrogens (tertiary/aromatic N) is 2. The summed E-state index contributed by atoms with van der Waals surface area (Å²) in [4.78, 5) is 32.6. The normalized spacial score (nSPS) is 10.6. The number of fused-ring (bicyclic) bond motifs is 1. The lowest BCUT2D eigenvalue weighted by Gasteiger charge is -2.07. The molecular weight excluding hydrogens is 400 g/mol. The van der Waals surface area contributed by atoms with Crippen LogP contribution in [0.25, 0.3) is 20.8 Å². The number of thiazole rings is 1. The molecule has 0 aliphatic rings. The van der Waals surface area contributed by atoms with Gasteiger partial charge >= 0.3 is 0 Å². The van der Waals surface area contributed by atoms with E-state index < -0.39 is 0 Å². The van der Waals surface area contributed by atoms with Crippen LogP contribution in [0.5, 0.6) is 5.88 Å². The molecule has 0 fully saturated rings. The lowest BCUT2D eigenvalue weighted by atomic mass is 10.2. The first-order valence-corrected chi connectivity index (χ1v) is 9.93. The molecule has 7 nitrogen and oxygen atoms in total. The van der Waals surface area contributed by atoms with E-state index in [1.54, 1.807) is 49.7 Å². The molecule has 0 spiro atoms. The van der Waals surface area contributed by atoms with E-state index in [1.165, 1.54) is 18.3 Å². The minimum Gasteiger partial charge on any atom is -0.481 e. The molecule has 0 aliphatic carbocycles. The number of nitrogens with one attached hydrogen (secondary N) is 2. The van der Waals surface area contributed by atoms with Gasteiger partial charge in [-0.05, 0) is 48.5 Å². The van der Waals surface area contributed by atoms with Gasteiger partial charge in [-0.25, -0.2) is 9.97 Å². The molecule has 4 aromatic rings. The molecule has 0 unspecified atom stereocenters. The van der Waals surface area contributed by atoms with Gasteiger partial charge < -0.3 is 15.4 Å². The molecule has 0 bridgehead atoms. The Morgan fingerprint density at radius 1 is 0.967 bits per heavy atom. The van der Waals surface area contributed by atoms with Crippen molar-refractivity contribution in [2.75, 3.05) is 17.7 Å². The smallest absolute Gasteiger partial charge is 0.255 e. The third kappa shape index (κ3) is 4.28. The number of methoxy groups -OCH3 is 1. The summed E-state index contributed by atoms with van der Waals surface area (Å²) in [7, 11) is 1.57. The highest BCUT2D eigenvalue weighted by Crippen LogP contribution is 2.31. The number of hydrogen-bond donors (Lipinski definition) is 2. The summed E-state index contributed by atoms with van der Waals surface area (Å²) < 4.78 is 6.00. The maximum Gasteiger partial charge on any atom is 0.255 e. The fraction of sp³-hybridized carbons (Fsp3) is 0.0909. The monoisotopic (exact) mass is 418 g/mol. The SMILES string of the molecule is COc1ccc(-c2nc3ccc(C(=O)Nc4ccc(NC(C)=O)cc4)cc3s2)cn1. The van der Waals surface area contributed by atoms with Gasteiger partial charge in [-0.2, -0.15) is 0 Å². The molecular formula is C22H18N4O3S. The third-order valence-electron chi connectivity index (χ3n) is 4.31. The van der Waals surface area contributed by atoms with Gasteiger partial charge in [-0.3, -0.25) is 9.59 Å². The van der Waals surface area contributed by atoms with E-state index >= 15 is 0 Å².